The summed E-state index contributed by atoms with van der Waals surface area (Å²) in [5, 5.41) is 0. The molecule has 0 unspecified atom stereocenters. The number of hydrogen-bond acceptors (Lipinski definition) is 3. The number of alkyl halides is 2. The van der Waals surface area contributed by atoms with E-state index in [0.717, 1.165) is 0 Å². The van der Waals surface area contributed by atoms with E-state index in [1.165, 1.54) is 23.1 Å². The van der Waals surface area contributed by atoms with Gasteiger partial charge in [-0.25, -0.2) is 0 Å². The van der Waals surface area contributed by atoms with Crippen LogP contribution in [-0.4, -0.2) is 35.5 Å². The van der Waals surface area contributed by atoms with Gasteiger partial charge in [0, 0.05) is 19.5 Å². The lowest BCUT2D eigenvalue weighted by Crippen LogP contribution is -2.33. The van der Waals surface area contributed by atoms with Crippen molar-refractivity contribution in [2.75, 3.05) is 13.1 Å². The molecule has 0 aromatic heterocycles. The molecule has 0 aliphatic carbocycles. The highest BCUT2D eigenvalue weighted by atomic mass is 32.1. The predicted molar refractivity (Wildman–Crippen MR) is 76.1 cm³/mol. The molecule has 0 saturated carbocycles. The molecule has 0 radical (unpaired) electrons. The van der Waals surface area contributed by atoms with Crippen molar-refractivity contribution < 1.29 is 18.3 Å². The standard InChI is InChI=1S/C13H16F2N2O2S/c1-2-17(8-7-11(16)20)12(18)9-5-3-4-6-10(9)19-13(14)15/h3-6,13H,2,7-8H2,1H3,(H2,16,20). The number of halogens is 2. The van der Waals surface area contributed by atoms with Gasteiger partial charge in [-0.2, -0.15) is 8.78 Å². The van der Waals surface area contributed by atoms with Crippen molar-refractivity contribution in [2.45, 2.75) is 20.0 Å². The lowest BCUT2D eigenvalue weighted by molar-refractivity contribution is -0.0502. The first-order chi connectivity index (χ1) is 9.45. The van der Waals surface area contributed by atoms with Crippen LogP contribution in [-0.2, 0) is 0 Å². The van der Waals surface area contributed by atoms with Crippen LogP contribution in [0.5, 0.6) is 5.75 Å². The Morgan fingerprint density at radius 1 is 1.45 bits per heavy atom. The molecule has 0 saturated heterocycles. The van der Waals surface area contributed by atoms with E-state index in [1.54, 1.807) is 13.0 Å². The summed E-state index contributed by atoms with van der Waals surface area (Å²) < 4.78 is 29.0. The lowest BCUT2D eigenvalue weighted by atomic mass is 10.1. The summed E-state index contributed by atoms with van der Waals surface area (Å²) in [5.74, 6) is -0.527. The quantitative estimate of drug-likeness (QED) is 0.786. The fourth-order valence-electron chi connectivity index (χ4n) is 1.66. The number of carbonyl (C=O) groups excluding carboxylic acids is 1. The van der Waals surface area contributed by atoms with Crippen molar-refractivity contribution in [3.8, 4) is 5.75 Å². The topological polar surface area (TPSA) is 55.6 Å². The third-order valence-corrected chi connectivity index (χ3v) is 2.83. The highest BCUT2D eigenvalue weighted by Gasteiger charge is 2.19. The average molecular weight is 302 g/mol. The molecular weight excluding hydrogens is 286 g/mol. The van der Waals surface area contributed by atoms with Gasteiger partial charge in [-0.15, -0.1) is 0 Å². The third-order valence-electron chi connectivity index (χ3n) is 2.63. The number of carbonyl (C=O) groups is 1. The molecule has 0 heterocycles. The number of nitrogens with zero attached hydrogens (tertiary/aromatic N) is 1. The smallest absolute Gasteiger partial charge is 0.387 e. The monoisotopic (exact) mass is 302 g/mol. The average Bonchev–Trinajstić information content (AvgIpc) is 2.38. The molecule has 0 fully saturated rings. The minimum atomic E-state index is -2.98. The highest BCUT2D eigenvalue weighted by Crippen LogP contribution is 2.22. The maximum atomic E-state index is 12.3. The molecule has 1 amide bonds. The van der Waals surface area contributed by atoms with Crippen LogP contribution in [0.4, 0.5) is 8.78 Å². The van der Waals surface area contributed by atoms with E-state index in [-0.39, 0.29) is 17.2 Å². The van der Waals surface area contributed by atoms with E-state index in [0.29, 0.717) is 24.5 Å². The summed E-state index contributed by atoms with van der Waals surface area (Å²) in [5.41, 5.74) is 5.49. The van der Waals surface area contributed by atoms with Crippen molar-refractivity contribution >= 4 is 23.1 Å². The Bertz CT molecular complexity index is 483. The SMILES string of the molecule is CCN(CCC(N)=S)C(=O)c1ccccc1OC(F)F. The zero-order chi connectivity index (χ0) is 15.1. The fraction of sp³-hybridized carbons (Fsp3) is 0.385. The van der Waals surface area contributed by atoms with Crippen LogP contribution in [0.3, 0.4) is 0 Å². The molecule has 1 aromatic rings. The zero-order valence-electron chi connectivity index (χ0n) is 11.0. The number of ether oxygens (including phenoxy) is 1. The van der Waals surface area contributed by atoms with Gasteiger partial charge in [-0.3, -0.25) is 4.79 Å². The summed E-state index contributed by atoms with van der Waals surface area (Å²) in [6.45, 7) is -0.428. The molecule has 20 heavy (non-hydrogen) atoms. The molecule has 1 aromatic carbocycles. The van der Waals surface area contributed by atoms with Crippen LogP contribution >= 0.6 is 12.2 Å². The Morgan fingerprint density at radius 2 is 2.10 bits per heavy atom. The number of nitrogens with two attached hydrogens (primary N) is 1. The maximum Gasteiger partial charge on any atom is 0.387 e. The van der Waals surface area contributed by atoms with Gasteiger partial charge in [0.2, 0.25) is 0 Å². The molecular formula is C13H16F2N2O2S. The van der Waals surface area contributed by atoms with Gasteiger partial charge >= 0.3 is 6.61 Å². The van der Waals surface area contributed by atoms with Crippen molar-refractivity contribution in [1.29, 1.82) is 0 Å². The van der Waals surface area contributed by atoms with E-state index in [2.05, 4.69) is 4.74 Å². The second-order valence-electron chi connectivity index (χ2n) is 3.98. The van der Waals surface area contributed by atoms with Crippen molar-refractivity contribution in [3.63, 3.8) is 0 Å². The van der Waals surface area contributed by atoms with Crippen molar-refractivity contribution in [3.05, 3.63) is 29.8 Å². The molecule has 110 valence electrons. The van der Waals surface area contributed by atoms with Gasteiger partial charge in [-0.05, 0) is 19.1 Å². The second-order valence-corrected chi connectivity index (χ2v) is 4.50. The first-order valence-electron chi connectivity index (χ1n) is 6.07. The number of benzene rings is 1. The minimum absolute atomic E-state index is 0.0950. The Balaban J connectivity index is 2.91. The molecule has 0 aliphatic heterocycles. The van der Waals surface area contributed by atoms with Crippen LogP contribution in [0.15, 0.2) is 24.3 Å². The van der Waals surface area contributed by atoms with E-state index in [1.807, 2.05) is 0 Å². The first-order valence-corrected chi connectivity index (χ1v) is 6.48. The number of amides is 1. The molecule has 0 atom stereocenters. The molecule has 0 aliphatic rings. The van der Waals surface area contributed by atoms with E-state index in [9.17, 15) is 13.6 Å². The molecule has 7 heteroatoms. The molecule has 0 spiro atoms. The zero-order valence-corrected chi connectivity index (χ0v) is 11.8. The Morgan fingerprint density at radius 3 is 2.65 bits per heavy atom. The highest BCUT2D eigenvalue weighted by molar-refractivity contribution is 7.80. The van der Waals surface area contributed by atoms with Crippen LogP contribution in [0.1, 0.15) is 23.7 Å². The largest absolute Gasteiger partial charge is 0.434 e. The van der Waals surface area contributed by atoms with E-state index < -0.39 is 6.61 Å². The molecule has 0 bridgehead atoms. The van der Waals surface area contributed by atoms with E-state index >= 15 is 0 Å². The van der Waals surface area contributed by atoms with Crippen LogP contribution in [0.25, 0.3) is 0 Å². The van der Waals surface area contributed by atoms with Gasteiger partial charge in [0.25, 0.3) is 5.91 Å². The maximum absolute atomic E-state index is 12.3. The second kappa shape index (κ2) is 7.74. The van der Waals surface area contributed by atoms with Crippen LogP contribution in [0.2, 0.25) is 0 Å². The Labute approximate surface area is 121 Å². The Hall–Kier alpha value is -1.76. The normalized spacial score (nSPS) is 10.4. The number of hydrogen-bond donors (Lipinski definition) is 1. The van der Waals surface area contributed by atoms with Gasteiger partial charge < -0.3 is 15.4 Å². The predicted octanol–water partition coefficient (Wildman–Crippen LogP) is 2.43. The Kier molecular flexibility index (Phi) is 6.30. The number of rotatable bonds is 7. The van der Waals surface area contributed by atoms with Gasteiger partial charge in [0.05, 0.1) is 10.6 Å². The molecule has 1 rings (SSSR count). The summed E-state index contributed by atoms with van der Waals surface area (Å²) >= 11 is 4.76. The minimum Gasteiger partial charge on any atom is -0.434 e. The van der Waals surface area contributed by atoms with Crippen molar-refractivity contribution in [2.24, 2.45) is 5.73 Å². The van der Waals surface area contributed by atoms with Crippen molar-refractivity contribution in [1.82, 2.24) is 4.90 Å². The summed E-state index contributed by atoms with van der Waals surface area (Å²) in [4.78, 5) is 14.1. The summed E-state index contributed by atoms with van der Waals surface area (Å²) in [6.07, 6.45) is 0.382. The fourth-order valence-corrected chi connectivity index (χ4v) is 1.75. The number of para-hydroxylation sites is 1. The molecule has 4 nitrogen and oxygen atoms in total. The third kappa shape index (κ3) is 4.73. The summed E-state index contributed by atoms with van der Waals surface area (Å²) in [6, 6.07) is 5.90. The van der Waals surface area contributed by atoms with Crippen LogP contribution < -0.4 is 10.5 Å². The number of thiocarbonyl (C=S) groups is 1. The molecule has 2 N–H and O–H groups in total. The van der Waals surface area contributed by atoms with Gasteiger partial charge in [0.1, 0.15) is 5.75 Å². The van der Waals surface area contributed by atoms with Crippen LogP contribution in [0, 0.1) is 0 Å². The van der Waals surface area contributed by atoms with E-state index in [4.69, 9.17) is 18.0 Å². The lowest BCUT2D eigenvalue weighted by Gasteiger charge is -2.21. The summed E-state index contributed by atoms with van der Waals surface area (Å²) in [7, 11) is 0. The van der Waals surface area contributed by atoms with Gasteiger partial charge in [0.15, 0.2) is 0 Å². The first kappa shape index (κ1) is 16.3. The van der Waals surface area contributed by atoms with Gasteiger partial charge in [-0.1, -0.05) is 24.4 Å².